The van der Waals surface area contributed by atoms with Crippen LogP contribution in [0.1, 0.15) is 47.0 Å². The highest BCUT2D eigenvalue weighted by atomic mass is 16.4. The lowest BCUT2D eigenvalue weighted by atomic mass is 9.93. The van der Waals surface area contributed by atoms with Crippen molar-refractivity contribution in [3.05, 3.63) is 0 Å². The van der Waals surface area contributed by atoms with Gasteiger partial charge in [-0.2, -0.15) is 0 Å². The Labute approximate surface area is 116 Å². The van der Waals surface area contributed by atoms with Gasteiger partial charge in [0.15, 0.2) is 0 Å². The second-order valence-corrected chi connectivity index (χ2v) is 5.61. The minimum Gasteiger partial charge on any atom is -0.480 e. The van der Waals surface area contributed by atoms with Gasteiger partial charge in [0.1, 0.15) is 6.54 Å². The summed E-state index contributed by atoms with van der Waals surface area (Å²) in [5, 5.41) is 8.90. The van der Waals surface area contributed by atoms with E-state index in [-0.39, 0.29) is 24.4 Å². The Morgan fingerprint density at radius 1 is 1.26 bits per heavy atom. The number of carboxylic acids is 1. The molecule has 2 atom stereocenters. The van der Waals surface area contributed by atoms with Gasteiger partial charge in [0.25, 0.3) is 0 Å². The van der Waals surface area contributed by atoms with Crippen LogP contribution in [0.25, 0.3) is 0 Å². The summed E-state index contributed by atoms with van der Waals surface area (Å²) < 4.78 is 0. The molecule has 0 rings (SSSR count). The summed E-state index contributed by atoms with van der Waals surface area (Å²) >= 11 is 0. The molecular formula is C14H28N2O3. The molecule has 0 saturated carbocycles. The summed E-state index contributed by atoms with van der Waals surface area (Å²) in [5.74, 6) is -0.458. The lowest BCUT2D eigenvalue weighted by Crippen LogP contribution is -2.43. The Balaban J connectivity index is 4.65. The minimum absolute atomic E-state index is 0.0546. The third-order valence-electron chi connectivity index (χ3n) is 3.35. The lowest BCUT2D eigenvalue weighted by Gasteiger charge is -2.29. The number of nitrogens with two attached hydrogens (primary N) is 1. The fourth-order valence-corrected chi connectivity index (χ4v) is 2.15. The van der Waals surface area contributed by atoms with Crippen molar-refractivity contribution in [3.8, 4) is 0 Å². The molecule has 19 heavy (non-hydrogen) atoms. The van der Waals surface area contributed by atoms with Crippen LogP contribution in [0, 0.1) is 11.8 Å². The molecule has 5 heteroatoms. The molecule has 0 aromatic rings. The minimum atomic E-state index is -0.971. The molecule has 0 aromatic carbocycles. The summed E-state index contributed by atoms with van der Waals surface area (Å²) in [6.45, 7) is 8.24. The summed E-state index contributed by atoms with van der Waals surface area (Å²) in [7, 11) is 0. The van der Waals surface area contributed by atoms with Crippen LogP contribution in [0.4, 0.5) is 0 Å². The number of rotatable bonds is 9. The summed E-state index contributed by atoms with van der Waals surface area (Å²) in [6.07, 6.45) is 1.98. The molecule has 0 heterocycles. The quantitative estimate of drug-likeness (QED) is 0.669. The second-order valence-electron chi connectivity index (χ2n) is 5.61. The van der Waals surface area contributed by atoms with Crippen molar-refractivity contribution >= 4 is 11.9 Å². The van der Waals surface area contributed by atoms with Crippen molar-refractivity contribution in [1.29, 1.82) is 0 Å². The number of carboxylic acid groups (broad SMARTS) is 1. The summed E-state index contributed by atoms with van der Waals surface area (Å²) in [4.78, 5) is 24.5. The molecule has 5 nitrogen and oxygen atoms in total. The van der Waals surface area contributed by atoms with Crippen LogP contribution < -0.4 is 5.73 Å². The first-order valence-corrected chi connectivity index (χ1v) is 7.03. The van der Waals surface area contributed by atoms with Crippen molar-refractivity contribution in [2.24, 2.45) is 17.6 Å². The zero-order chi connectivity index (χ0) is 15.0. The normalized spacial score (nSPS) is 14.2. The Morgan fingerprint density at radius 2 is 1.84 bits per heavy atom. The van der Waals surface area contributed by atoms with E-state index in [1.165, 1.54) is 4.90 Å². The lowest BCUT2D eigenvalue weighted by molar-refractivity contribution is -0.146. The molecule has 0 aromatic heterocycles. The average Bonchev–Trinajstić information content (AvgIpc) is 2.33. The molecule has 1 unspecified atom stereocenters. The molecule has 0 aliphatic rings. The highest BCUT2D eigenvalue weighted by Crippen LogP contribution is 2.17. The highest BCUT2D eigenvalue weighted by Gasteiger charge is 2.24. The fraction of sp³-hybridized carbons (Fsp3) is 0.857. The zero-order valence-electron chi connectivity index (χ0n) is 12.6. The van der Waals surface area contributed by atoms with Crippen LogP contribution in [-0.2, 0) is 9.59 Å². The van der Waals surface area contributed by atoms with E-state index in [0.717, 1.165) is 12.8 Å². The Bertz CT molecular complexity index is 292. The first-order chi connectivity index (χ1) is 8.81. The van der Waals surface area contributed by atoms with Crippen LogP contribution in [0.2, 0.25) is 0 Å². The molecule has 0 bridgehead atoms. The fourth-order valence-electron chi connectivity index (χ4n) is 2.15. The maximum absolute atomic E-state index is 12.2. The third kappa shape index (κ3) is 7.15. The number of carbonyl (C=O) groups is 2. The van der Waals surface area contributed by atoms with E-state index in [0.29, 0.717) is 18.9 Å². The zero-order valence-corrected chi connectivity index (χ0v) is 12.6. The number of amides is 1. The summed E-state index contributed by atoms with van der Waals surface area (Å²) in [6, 6.07) is -0.0546. The van der Waals surface area contributed by atoms with Gasteiger partial charge in [0.05, 0.1) is 0 Å². The molecule has 112 valence electrons. The molecular weight excluding hydrogens is 244 g/mol. The predicted molar refractivity (Wildman–Crippen MR) is 75.7 cm³/mol. The van der Waals surface area contributed by atoms with Gasteiger partial charge in [-0.05, 0) is 38.1 Å². The van der Waals surface area contributed by atoms with Gasteiger partial charge >= 0.3 is 5.97 Å². The van der Waals surface area contributed by atoms with E-state index in [9.17, 15) is 9.59 Å². The van der Waals surface area contributed by atoms with Gasteiger partial charge in [0, 0.05) is 12.5 Å². The Hall–Kier alpha value is -1.10. The van der Waals surface area contributed by atoms with Crippen LogP contribution in [0.5, 0.6) is 0 Å². The number of nitrogens with zero attached hydrogens (tertiary/aromatic N) is 1. The smallest absolute Gasteiger partial charge is 0.323 e. The molecule has 3 N–H and O–H groups in total. The van der Waals surface area contributed by atoms with Gasteiger partial charge in [-0.1, -0.05) is 20.8 Å². The third-order valence-corrected chi connectivity index (χ3v) is 3.35. The number of hydrogen-bond acceptors (Lipinski definition) is 3. The molecule has 0 saturated heterocycles. The van der Waals surface area contributed by atoms with Gasteiger partial charge < -0.3 is 15.7 Å². The van der Waals surface area contributed by atoms with E-state index in [1.54, 1.807) is 0 Å². The van der Waals surface area contributed by atoms with Crippen molar-refractivity contribution in [2.75, 3.05) is 13.1 Å². The number of aliphatic carboxylic acids is 1. The monoisotopic (exact) mass is 272 g/mol. The molecule has 0 aliphatic carbocycles. The second kappa shape index (κ2) is 8.91. The summed E-state index contributed by atoms with van der Waals surface area (Å²) in [5.41, 5.74) is 5.69. The average molecular weight is 272 g/mol. The topological polar surface area (TPSA) is 83.6 Å². The largest absolute Gasteiger partial charge is 0.480 e. The Kier molecular flexibility index (Phi) is 8.39. The van der Waals surface area contributed by atoms with Crippen molar-refractivity contribution in [3.63, 3.8) is 0 Å². The van der Waals surface area contributed by atoms with Gasteiger partial charge in [0.2, 0.25) is 5.91 Å². The van der Waals surface area contributed by atoms with E-state index in [1.807, 2.05) is 13.8 Å². The number of hydrogen-bond donors (Lipinski definition) is 2. The molecule has 0 radical (unpaired) electrons. The van der Waals surface area contributed by atoms with Crippen molar-refractivity contribution in [2.45, 2.75) is 53.0 Å². The van der Waals surface area contributed by atoms with Crippen LogP contribution in [-0.4, -0.2) is 41.0 Å². The predicted octanol–water partition coefficient (Wildman–Crippen LogP) is 1.71. The van der Waals surface area contributed by atoms with Crippen LogP contribution in [0.3, 0.4) is 0 Å². The van der Waals surface area contributed by atoms with E-state index in [2.05, 4.69) is 13.8 Å². The van der Waals surface area contributed by atoms with Crippen molar-refractivity contribution < 1.29 is 14.7 Å². The maximum Gasteiger partial charge on any atom is 0.323 e. The van der Waals surface area contributed by atoms with E-state index in [4.69, 9.17) is 10.8 Å². The number of carbonyl (C=O) groups excluding carboxylic acids is 1. The van der Waals surface area contributed by atoms with Gasteiger partial charge in [-0.3, -0.25) is 9.59 Å². The molecule has 0 spiro atoms. The van der Waals surface area contributed by atoms with Crippen molar-refractivity contribution in [1.82, 2.24) is 4.90 Å². The first kappa shape index (κ1) is 17.9. The molecule has 0 aliphatic heterocycles. The van der Waals surface area contributed by atoms with Crippen LogP contribution in [0.15, 0.2) is 0 Å². The van der Waals surface area contributed by atoms with E-state index < -0.39 is 5.97 Å². The first-order valence-electron chi connectivity index (χ1n) is 7.03. The highest BCUT2D eigenvalue weighted by molar-refractivity contribution is 5.81. The van der Waals surface area contributed by atoms with Crippen LogP contribution >= 0.6 is 0 Å². The Morgan fingerprint density at radius 3 is 2.21 bits per heavy atom. The standard InChI is InChI=1S/C14H28N2O3/c1-5-11(4)16(9-14(18)19)13(17)7-12(8-15)6-10(2)3/h10-12H,5-9,15H2,1-4H3,(H,18,19)/t11?,12-/m0/s1. The van der Waals surface area contributed by atoms with Gasteiger partial charge in [-0.25, -0.2) is 0 Å². The van der Waals surface area contributed by atoms with E-state index >= 15 is 0 Å². The van der Waals surface area contributed by atoms with Gasteiger partial charge in [-0.15, -0.1) is 0 Å². The molecule has 0 fully saturated rings. The maximum atomic E-state index is 12.2. The molecule has 1 amide bonds. The SMILES string of the molecule is CCC(C)N(CC(=O)O)C(=O)C[C@@H](CN)CC(C)C.